The normalized spacial score (nSPS) is 12.3. The molecule has 0 aliphatic rings. The Kier molecular flexibility index (Phi) is 9.77. The van der Waals surface area contributed by atoms with Crippen molar-refractivity contribution in [1.29, 1.82) is 0 Å². The quantitative estimate of drug-likeness (QED) is 0.215. The molecular formula is C21H22Cl2F3N3O4S. The molecule has 0 heterocycles. The van der Waals surface area contributed by atoms with Gasteiger partial charge in [0, 0.05) is 25.7 Å². The maximum Gasteiger partial charge on any atom is 0.416 e. The van der Waals surface area contributed by atoms with Crippen LogP contribution in [0.25, 0.3) is 6.08 Å². The van der Waals surface area contributed by atoms with Crippen LogP contribution in [0.5, 0.6) is 0 Å². The predicted octanol–water partition coefficient (Wildman–Crippen LogP) is 4.81. The molecule has 0 spiro atoms. The van der Waals surface area contributed by atoms with Gasteiger partial charge in [-0.25, -0.2) is 18.6 Å². The van der Waals surface area contributed by atoms with Crippen molar-refractivity contribution in [2.75, 3.05) is 24.5 Å². The molecule has 0 radical (unpaired) electrons. The molecule has 0 amide bonds. The summed E-state index contributed by atoms with van der Waals surface area (Å²) in [4.78, 5) is 14.4. The van der Waals surface area contributed by atoms with E-state index < -0.39 is 27.7 Å². The molecule has 0 bridgehead atoms. The third kappa shape index (κ3) is 7.88. The van der Waals surface area contributed by atoms with Crippen molar-refractivity contribution < 1.29 is 31.5 Å². The van der Waals surface area contributed by atoms with Crippen LogP contribution >= 0.6 is 23.2 Å². The maximum absolute atomic E-state index is 13.0. The first-order chi connectivity index (χ1) is 15.8. The average molecular weight is 540 g/mol. The van der Waals surface area contributed by atoms with Crippen LogP contribution in [0.1, 0.15) is 24.5 Å². The van der Waals surface area contributed by atoms with Gasteiger partial charge in [0.05, 0.1) is 26.2 Å². The van der Waals surface area contributed by atoms with Gasteiger partial charge in [-0.2, -0.15) is 13.2 Å². The van der Waals surface area contributed by atoms with E-state index in [0.29, 0.717) is 18.5 Å². The number of hydrazine groups is 1. The van der Waals surface area contributed by atoms with E-state index in [-0.39, 0.29) is 33.7 Å². The van der Waals surface area contributed by atoms with Crippen molar-refractivity contribution in [3.63, 3.8) is 0 Å². The molecule has 2 rings (SSSR count). The van der Waals surface area contributed by atoms with Crippen LogP contribution < -0.4 is 15.2 Å². The summed E-state index contributed by atoms with van der Waals surface area (Å²) in [6.07, 6.45) is -1.70. The van der Waals surface area contributed by atoms with E-state index in [9.17, 15) is 26.4 Å². The van der Waals surface area contributed by atoms with Crippen molar-refractivity contribution >= 4 is 51.0 Å². The molecule has 3 N–H and O–H groups in total. The lowest BCUT2D eigenvalue weighted by atomic mass is 10.1. The van der Waals surface area contributed by atoms with Crippen LogP contribution in [-0.4, -0.2) is 39.1 Å². The minimum atomic E-state index is -4.59. The fourth-order valence-corrected chi connectivity index (χ4v) is 4.59. The van der Waals surface area contributed by atoms with E-state index in [1.165, 1.54) is 30.3 Å². The number of hydrogen-bond acceptors (Lipinski definition) is 5. The van der Waals surface area contributed by atoms with Crippen molar-refractivity contribution in [1.82, 2.24) is 10.3 Å². The van der Waals surface area contributed by atoms with Gasteiger partial charge in [0.25, 0.3) is 10.0 Å². The Morgan fingerprint density at radius 2 is 1.71 bits per heavy atom. The van der Waals surface area contributed by atoms with E-state index in [1.807, 2.05) is 6.92 Å². The van der Waals surface area contributed by atoms with E-state index in [0.717, 1.165) is 18.2 Å². The summed E-state index contributed by atoms with van der Waals surface area (Å²) < 4.78 is 63.8. The first kappa shape index (κ1) is 27.9. The SMILES string of the molecule is CCCN(CCNNS(=O)(=O)c1ccc(/C=C/C(=O)O)cc1)c1c(Cl)cc(C(F)(F)F)cc1Cl. The van der Waals surface area contributed by atoms with E-state index in [1.54, 1.807) is 4.90 Å². The first-order valence-electron chi connectivity index (χ1n) is 9.92. The zero-order valence-corrected chi connectivity index (χ0v) is 20.2. The Hall–Kier alpha value is -2.31. The van der Waals surface area contributed by atoms with Gasteiger partial charge < -0.3 is 10.0 Å². The minimum absolute atomic E-state index is 0.0493. The van der Waals surface area contributed by atoms with Gasteiger partial charge in [0.1, 0.15) is 0 Å². The number of carboxylic acid groups (broad SMARTS) is 1. The number of nitrogens with zero attached hydrogens (tertiary/aromatic N) is 1. The Morgan fingerprint density at radius 3 is 2.21 bits per heavy atom. The minimum Gasteiger partial charge on any atom is -0.478 e. The van der Waals surface area contributed by atoms with Gasteiger partial charge in [-0.05, 0) is 42.3 Å². The zero-order valence-electron chi connectivity index (χ0n) is 17.9. The average Bonchev–Trinajstić information content (AvgIpc) is 2.74. The molecule has 0 saturated carbocycles. The Labute approximate surface area is 205 Å². The maximum atomic E-state index is 13.0. The second-order valence-corrected chi connectivity index (χ2v) is 9.54. The number of anilines is 1. The second-order valence-electron chi connectivity index (χ2n) is 7.05. The van der Waals surface area contributed by atoms with Crippen LogP contribution in [-0.2, 0) is 21.0 Å². The van der Waals surface area contributed by atoms with Gasteiger partial charge in [0.15, 0.2) is 0 Å². The fourth-order valence-electron chi connectivity index (χ4n) is 2.96. The standard InChI is InChI=1S/C21H22Cl2F3N3O4S/c1-2-10-29(20-17(22)12-15(13-18(20)23)21(24,25)26)11-9-27-28-34(32,33)16-6-3-14(4-7-16)5-8-19(30)31/h3-8,12-13,27-28H,2,9-11H2,1H3,(H,30,31)/b8-5+. The smallest absolute Gasteiger partial charge is 0.416 e. The van der Waals surface area contributed by atoms with Crippen molar-refractivity contribution in [2.45, 2.75) is 24.4 Å². The van der Waals surface area contributed by atoms with E-state index in [4.69, 9.17) is 28.3 Å². The Morgan fingerprint density at radius 1 is 1.12 bits per heavy atom. The van der Waals surface area contributed by atoms with Gasteiger partial charge in [0.2, 0.25) is 0 Å². The van der Waals surface area contributed by atoms with E-state index in [2.05, 4.69) is 10.3 Å². The summed E-state index contributed by atoms with van der Waals surface area (Å²) in [6, 6.07) is 7.14. The summed E-state index contributed by atoms with van der Waals surface area (Å²) >= 11 is 12.2. The molecule has 0 aliphatic heterocycles. The highest BCUT2D eigenvalue weighted by Gasteiger charge is 2.32. The highest BCUT2D eigenvalue weighted by molar-refractivity contribution is 7.89. The second kappa shape index (κ2) is 11.9. The molecule has 7 nitrogen and oxygen atoms in total. The molecule has 186 valence electrons. The molecule has 13 heteroatoms. The lowest BCUT2D eigenvalue weighted by Gasteiger charge is -2.27. The molecule has 0 atom stereocenters. The monoisotopic (exact) mass is 539 g/mol. The van der Waals surface area contributed by atoms with E-state index >= 15 is 0 Å². The first-order valence-corrected chi connectivity index (χ1v) is 12.2. The predicted molar refractivity (Wildman–Crippen MR) is 125 cm³/mol. The molecule has 0 saturated heterocycles. The number of alkyl halides is 3. The number of rotatable bonds is 11. The fraction of sp³-hybridized carbons (Fsp3) is 0.286. The van der Waals surface area contributed by atoms with Crippen LogP contribution in [0.4, 0.5) is 18.9 Å². The van der Waals surface area contributed by atoms with Gasteiger partial charge in [-0.15, -0.1) is 4.83 Å². The molecule has 0 aromatic heterocycles. The van der Waals surface area contributed by atoms with Gasteiger partial charge >= 0.3 is 12.1 Å². The summed E-state index contributed by atoms with van der Waals surface area (Å²) in [7, 11) is -3.92. The van der Waals surface area contributed by atoms with Crippen molar-refractivity contribution in [3.05, 3.63) is 63.6 Å². The van der Waals surface area contributed by atoms with Gasteiger partial charge in [-0.1, -0.05) is 42.3 Å². The number of sulfonamides is 1. The molecule has 0 aliphatic carbocycles. The van der Waals surface area contributed by atoms with Gasteiger partial charge in [-0.3, -0.25) is 0 Å². The number of hydrogen-bond donors (Lipinski definition) is 3. The summed E-state index contributed by atoms with van der Waals surface area (Å²) in [5, 5.41) is 8.31. The topological polar surface area (TPSA) is 98.7 Å². The molecular weight excluding hydrogens is 518 g/mol. The number of aliphatic carboxylic acids is 1. The Balaban J connectivity index is 2.04. The Bertz CT molecular complexity index is 1120. The van der Waals surface area contributed by atoms with Crippen LogP contribution in [0.2, 0.25) is 10.0 Å². The highest BCUT2D eigenvalue weighted by Crippen LogP contribution is 2.40. The van der Waals surface area contributed by atoms with Crippen molar-refractivity contribution in [3.8, 4) is 0 Å². The number of halogens is 5. The molecule has 34 heavy (non-hydrogen) atoms. The number of benzene rings is 2. The molecule has 2 aromatic rings. The molecule has 2 aromatic carbocycles. The molecule has 0 unspecified atom stereocenters. The summed E-state index contributed by atoms with van der Waals surface area (Å²) in [6.45, 7) is 2.57. The number of carboxylic acids is 1. The van der Waals surface area contributed by atoms with Crippen molar-refractivity contribution in [2.24, 2.45) is 0 Å². The third-order valence-corrected chi connectivity index (χ3v) is 6.36. The number of nitrogens with one attached hydrogen (secondary N) is 2. The van der Waals surface area contributed by atoms with Crippen LogP contribution in [0.15, 0.2) is 47.4 Å². The largest absolute Gasteiger partial charge is 0.478 e. The number of carbonyl (C=O) groups is 1. The molecule has 0 fully saturated rings. The van der Waals surface area contributed by atoms with Crippen LogP contribution in [0, 0.1) is 0 Å². The lowest BCUT2D eigenvalue weighted by Crippen LogP contribution is -2.42. The summed E-state index contributed by atoms with van der Waals surface area (Å²) in [5.74, 6) is -1.13. The zero-order chi connectivity index (χ0) is 25.5. The van der Waals surface area contributed by atoms with Crippen LogP contribution in [0.3, 0.4) is 0 Å². The summed E-state index contributed by atoms with van der Waals surface area (Å²) in [5.41, 5.74) is 2.35. The third-order valence-electron chi connectivity index (χ3n) is 4.48. The lowest BCUT2D eigenvalue weighted by molar-refractivity contribution is -0.137. The highest BCUT2D eigenvalue weighted by atomic mass is 35.5.